The number of hydrogen-bond donors (Lipinski definition) is 0. The van der Waals surface area contributed by atoms with Gasteiger partial charge in [-0.3, -0.25) is 4.79 Å². The van der Waals surface area contributed by atoms with Gasteiger partial charge in [0.05, 0.1) is 0 Å². The average molecular weight is 180 g/mol. The van der Waals surface area contributed by atoms with E-state index >= 15 is 0 Å². The van der Waals surface area contributed by atoms with E-state index in [9.17, 15) is 4.79 Å². The van der Waals surface area contributed by atoms with Gasteiger partial charge in [-0.1, -0.05) is 19.8 Å². The highest BCUT2D eigenvalue weighted by atomic mass is 16.1. The second-order valence-electron chi connectivity index (χ2n) is 5.17. The quantitative estimate of drug-likeness (QED) is 0.605. The molecule has 0 spiro atoms. The maximum atomic E-state index is 11.2. The van der Waals surface area contributed by atoms with Gasteiger partial charge in [-0.05, 0) is 37.0 Å². The van der Waals surface area contributed by atoms with Crippen molar-refractivity contribution >= 4 is 5.78 Å². The predicted molar refractivity (Wildman–Crippen MR) is 53.5 cm³/mol. The summed E-state index contributed by atoms with van der Waals surface area (Å²) in [7, 11) is 0. The van der Waals surface area contributed by atoms with Crippen LogP contribution in [0.5, 0.6) is 0 Å². The Hall–Kier alpha value is -0.330. The lowest BCUT2D eigenvalue weighted by atomic mass is 9.66. The Labute approximate surface area is 80.9 Å². The lowest BCUT2D eigenvalue weighted by Gasteiger charge is -2.38. The van der Waals surface area contributed by atoms with E-state index in [1.165, 1.54) is 25.7 Å². The molecule has 2 rings (SSSR count). The van der Waals surface area contributed by atoms with Crippen LogP contribution >= 0.6 is 0 Å². The summed E-state index contributed by atoms with van der Waals surface area (Å²) in [6.07, 6.45) is 9.73. The van der Waals surface area contributed by atoms with Crippen molar-refractivity contribution in [3.05, 3.63) is 0 Å². The van der Waals surface area contributed by atoms with Gasteiger partial charge in [0.15, 0.2) is 0 Å². The Morgan fingerprint density at radius 2 is 1.69 bits per heavy atom. The highest BCUT2D eigenvalue weighted by Gasteiger charge is 2.38. The molecule has 0 aliphatic heterocycles. The van der Waals surface area contributed by atoms with Crippen molar-refractivity contribution < 1.29 is 4.79 Å². The smallest absolute Gasteiger partial charge is 0.132 e. The number of rotatable bonds is 1. The molecule has 0 atom stereocenters. The van der Waals surface area contributed by atoms with E-state index in [1.807, 2.05) is 0 Å². The van der Waals surface area contributed by atoms with Crippen LogP contribution < -0.4 is 0 Å². The second-order valence-corrected chi connectivity index (χ2v) is 5.17. The molecular formula is C12H20O. The van der Waals surface area contributed by atoms with Crippen molar-refractivity contribution in [3.8, 4) is 0 Å². The zero-order chi connectivity index (χ0) is 9.31. The molecule has 0 heterocycles. The summed E-state index contributed by atoms with van der Waals surface area (Å²) >= 11 is 0. The molecule has 74 valence electrons. The molecule has 2 fully saturated rings. The molecule has 0 N–H and O–H groups in total. The molecule has 2 saturated carbocycles. The molecule has 0 radical (unpaired) electrons. The lowest BCUT2D eigenvalue weighted by molar-refractivity contribution is -0.123. The summed E-state index contributed by atoms with van der Waals surface area (Å²) in [6.45, 7) is 2.41. The molecule has 1 heteroatoms. The summed E-state index contributed by atoms with van der Waals surface area (Å²) in [4.78, 5) is 11.2. The number of carbonyl (C=O) groups is 1. The van der Waals surface area contributed by atoms with Crippen LogP contribution in [0.4, 0.5) is 0 Å². The summed E-state index contributed by atoms with van der Waals surface area (Å²) in [5.41, 5.74) is 0.518. The van der Waals surface area contributed by atoms with Gasteiger partial charge in [0, 0.05) is 12.8 Å². The van der Waals surface area contributed by atoms with Crippen LogP contribution in [-0.2, 0) is 4.79 Å². The molecular weight excluding hydrogens is 160 g/mol. The SMILES string of the molecule is CC1(C2CCCC2)CCC(=O)CC1. The largest absolute Gasteiger partial charge is 0.300 e. The van der Waals surface area contributed by atoms with Gasteiger partial charge in [0.2, 0.25) is 0 Å². The fraction of sp³-hybridized carbons (Fsp3) is 0.917. The fourth-order valence-corrected chi connectivity index (χ4v) is 3.13. The van der Waals surface area contributed by atoms with Crippen LogP contribution in [-0.4, -0.2) is 5.78 Å². The molecule has 0 bridgehead atoms. The van der Waals surface area contributed by atoms with E-state index in [0.717, 1.165) is 31.6 Å². The minimum absolute atomic E-state index is 0.496. The highest BCUT2D eigenvalue weighted by Crippen LogP contribution is 2.47. The molecule has 0 saturated heterocycles. The molecule has 0 unspecified atom stereocenters. The minimum atomic E-state index is 0.496. The van der Waals surface area contributed by atoms with Crippen LogP contribution in [0.25, 0.3) is 0 Å². The number of Topliss-reactive ketones (excluding diaryl/α,β-unsaturated/α-hetero) is 1. The summed E-state index contributed by atoms with van der Waals surface area (Å²) in [6, 6.07) is 0. The molecule has 2 aliphatic carbocycles. The Morgan fingerprint density at radius 3 is 2.23 bits per heavy atom. The van der Waals surface area contributed by atoms with E-state index < -0.39 is 0 Å². The minimum Gasteiger partial charge on any atom is -0.300 e. The second kappa shape index (κ2) is 3.43. The Balaban J connectivity index is 1.98. The van der Waals surface area contributed by atoms with Gasteiger partial charge in [0.1, 0.15) is 5.78 Å². The third-order valence-corrected chi connectivity index (χ3v) is 4.29. The van der Waals surface area contributed by atoms with E-state index in [0.29, 0.717) is 11.2 Å². The maximum absolute atomic E-state index is 11.2. The molecule has 13 heavy (non-hydrogen) atoms. The van der Waals surface area contributed by atoms with Gasteiger partial charge in [-0.25, -0.2) is 0 Å². The summed E-state index contributed by atoms with van der Waals surface area (Å²) in [5.74, 6) is 1.43. The van der Waals surface area contributed by atoms with E-state index in [4.69, 9.17) is 0 Å². The van der Waals surface area contributed by atoms with Gasteiger partial charge in [-0.2, -0.15) is 0 Å². The van der Waals surface area contributed by atoms with E-state index in [1.54, 1.807) is 0 Å². The Bertz CT molecular complexity index is 191. The van der Waals surface area contributed by atoms with Crippen molar-refractivity contribution in [2.45, 2.75) is 58.3 Å². The monoisotopic (exact) mass is 180 g/mol. The standard InChI is InChI=1S/C12H20O/c1-12(10-4-2-3-5-10)8-6-11(13)7-9-12/h10H,2-9H2,1H3. The topological polar surface area (TPSA) is 17.1 Å². The van der Waals surface area contributed by atoms with Crippen LogP contribution in [0, 0.1) is 11.3 Å². The summed E-state index contributed by atoms with van der Waals surface area (Å²) < 4.78 is 0. The number of carbonyl (C=O) groups excluding carboxylic acids is 1. The molecule has 0 amide bonds. The fourth-order valence-electron chi connectivity index (χ4n) is 3.13. The highest BCUT2D eigenvalue weighted by molar-refractivity contribution is 5.79. The molecule has 0 aromatic carbocycles. The van der Waals surface area contributed by atoms with Gasteiger partial charge >= 0.3 is 0 Å². The molecule has 1 nitrogen and oxygen atoms in total. The molecule has 0 aromatic heterocycles. The number of hydrogen-bond acceptors (Lipinski definition) is 1. The maximum Gasteiger partial charge on any atom is 0.132 e. The van der Waals surface area contributed by atoms with Crippen molar-refractivity contribution in [1.82, 2.24) is 0 Å². The van der Waals surface area contributed by atoms with Crippen LogP contribution in [0.1, 0.15) is 58.3 Å². The first kappa shape index (κ1) is 9.23. The van der Waals surface area contributed by atoms with Crippen molar-refractivity contribution in [2.24, 2.45) is 11.3 Å². The Morgan fingerprint density at radius 1 is 1.15 bits per heavy atom. The van der Waals surface area contributed by atoms with Crippen LogP contribution in [0.3, 0.4) is 0 Å². The van der Waals surface area contributed by atoms with E-state index in [2.05, 4.69) is 6.92 Å². The van der Waals surface area contributed by atoms with Gasteiger partial charge in [0.25, 0.3) is 0 Å². The zero-order valence-corrected chi connectivity index (χ0v) is 8.64. The lowest BCUT2D eigenvalue weighted by Crippen LogP contribution is -2.31. The predicted octanol–water partition coefficient (Wildman–Crippen LogP) is 3.33. The van der Waals surface area contributed by atoms with Crippen LogP contribution in [0.15, 0.2) is 0 Å². The zero-order valence-electron chi connectivity index (χ0n) is 8.64. The third-order valence-electron chi connectivity index (χ3n) is 4.29. The Kier molecular flexibility index (Phi) is 2.44. The summed E-state index contributed by atoms with van der Waals surface area (Å²) in [5, 5.41) is 0. The van der Waals surface area contributed by atoms with Gasteiger partial charge in [-0.15, -0.1) is 0 Å². The van der Waals surface area contributed by atoms with Crippen molar-refractivity contribution in [3.63, 3.8) is 0 Å². The first-order valence-corrected chi connectivity index (χ1v) is 5.72. The first-order valence-electron chi connectivity index (χ1n) is 5.72. The molecule has 0 aromatic rings. The first-order chi connectivity index (χ1) is 6.21. The van der Waals surface area contributed by atoms with Gasteiger partial charge < -0.3 is 0 Å². The number of ketones is 1. The van der Waals surface area contributed by atoms with Crippen LogP contribution in [0.2, 0.25) is 0 Å². The average Bonchev–Trinajstić information content (AvgIpc) is 2.63. The van der Waals surface area contributed by atoms with Crippen molar-refractivity contribution in [1.29, 1.82) is 0 Å². The molecule has 2 aliphatic rings. The normalized spacial score (nSPS) is 29.5. The van der Waals surface area contributed by atoms with Crippen molar-refractivity contribution in [2.75, 3.05) is 0 Å². The van der Waals surface area contributed by atoms with E-state index in [-0.39, 0.29) is 0 Å². The third kappa shape index (κ3) is 1.79.